The number of rotatable bonds is 4. The van der Waals surface area contributed by atoms with Crippen molar-refractivity contribution in [2.45, 2.75) is 39.2 Å². The monoisotopic (exact) mass is 181 g/mol. The number of carbonyl (C=O) groups is 1. The molecule has 0 saturated carbocycles. The standard InChI is InChI=1S/C11H19NO/c1-4-8(2)7-11(13)10-5-6-12-9(10)3/h9-10,12H,2,4-7H2,1,3H3. The molecule has 2 nitrogen and oxygen atoms in total. The molecule has 2 heteroatoms. The van der Waals surface area contributed by atoms with E-state index in [0.717, 1.165) is 25.0 Å². The van der Waals surface area contributed by atoms with Gasteiger partial charge in [-0.2, -0.15) is 0 Å². The van der Waals surface area contributed by atoms with Crippen LogP contribution in [-0.2, 0) is 4.79 Å². The Hall–Kier alpha value is -0.630. The largest absolute Gasteiger partial charge is 0.314 e. The van der Waals surface area contributed by atoms with Crippen LogP contribution in [0.5, 0.6) is 0 Å². The number of Topliss-reactive ketones (excluding diaryl/α,β-unsaturated/α-hetero) is 1. The summed E-state index contributed by atoms with van der Waals surface area (Å²) in [5.74, 6) is 0.590. The maximum absolute atomic E-state index is 11.7. The highest BCUT2D eigenvalue weighted by molar-refractivity contribution is 5.84. The summed E-state index contributed by atoms with van der Waals surface area (Å²) in [5, 5.41) is 3.29. The van der Waals surface area contributed by atoms with Crippen molar-refractivity contribution in [1.82, 2.24) is 5.32 Å². The Balaban J connectivity index is 2.43. The van der Waals surface area contributed by atoms with Crippen molar-refractivity contribution < 1.29 is 4.79 Å². The van der Waals surface area contributed by atoms with E-state index in [1.54, 1.807) is 0 Å². The second kappa shape index (κ2) is 4.56. The highest BCUT2D eigenvalue weighted by Gasteiger charge is 2.28. The Morgan fingerprint density at radius 3 is 2.77 bits per heavy atom. The van der Waals surface area contributed by atoms with Crippen LogP contribution in [0.25, 0.3) is 0 Å². The molecule has 1 fully saturated rings. The first-order chi connectivity index (χ1) is 6.15. The molecule has 0 radical (unpaired) electrons. The van der Waals surface area contributed by atoms with Crippen molar-refractivity contribution in [3.63, 3.8) is 0 Å². The summed E-state index contributed by atoms with van der Waals surface area (Å²) in [6.45, 7) is 8.99. The number of ketones is 1. The molecule has 1 heterocycles. The SMILES string of the molecule is C=C(CC)CC(=O)C1CCNC1C. The fraction of sp³-hybridized carbons (Fsp3) is 0.727. The van der Waals surface area contributed by atoms with Gasteiger partial charge in [-0.15, -0.1) is 0 Å². The molecule has 0 aromatic rings. The molecular weight excluding hydrogens is 162 g/mol. The maximum Gasteiger partial charge on any atom is 0.141 e. The predicted octanol–water partition coefficient (Wildman–Crippen LogP) is 1.91. The maximum atomic E-state index is 11.7. The molecule has 1 N–H and O–H groups in total. The van der Waals surface area contributed by atoms with E-state index in [1.807, 2.05) is 6.92 Å². The average Bonchev–Trinajstić information content (AvgIpc) is 2.51. The van der Waals surface area contributed by atoms with Gasteiger partial charge in [-0.3, -0.25) is 4.79 Å². The van der Waals surface area contributed by atoms with Crippen molar-refractivity contribution >= 4 is 5.78 Å². The number of nitrogens with one attached hydrogen (secondary N) is 1. The van der Waals surface area contributed by atoms with Gasteiger partial charge in [-0.05, 0) is 26.3 Å². The lowest BCUT2D eigenvalue weighted by molar-refractivity contribution is -0.122. The molecule has 2 unspecified atom stereocenters. The summed E-state index contributed by atoms with van der Waals surface area (Å²) in [6, 6.07) is 0.358. The summed E-state index contributed by atoms with van der Waals surface area (Å²) in [7, 11) is 0. The Bertz CT molecular complexity index is 210. The van der Waals surface area contributed by atoms with Crippen molar-refractivity contribution in [2.24, 2.45) is 5.92 Å². The molecule has 1 aliphatic heterocycles. The third-order valence-corrected chi connectivity index (χ3v) is 2.86. The van der Waals surface area contributed by atoms with Crippen LogP contribution in [0, 0.1) is 5.92 Å². The summed E-state index contributed by atoms with van der Waals surface area (Å²) < 4.78 is 0. The number of allylic oxidation sites excluding steroid dienone is 1. The van der Waals surface area contributed by atoms with E-state index in [0.29, 0.717) is 18.2 Å². The van der Waals surface area contributed by atoms with Gasteiger partial charge in [-0.1, -0.05) is 19.1 Å². The van der Waals surface area contributed by atoms with Gasteiger partial charge in [0.2, 0.25) is 0 Å². The molecular formula is C11H19NO. The van der Waals surface area contributed by atoms with Gasteiger partial charge in [0.1, 0.15) is 5.78 Å². The lowest BCUT2D eigenvalue weighted by Gasteiger charge is -2.13. The van der Waals surface area contributed by atoms with Crippen LogP contribution in [0.2, 0.25) is 0 Å². The molecule has 74 valence electrons. The van der Waals surface area contributed by atoms with E-state index in [-0.39, 0.29) is 5.92 Å². The zero-order valence-corrected chi connectivity index (χ0v) is 8.60. The van der Waals surface area contributed by atoms with Gasteiger partial charge in [0.15, 0.2) is 0 Å². The van der Waals surface area contributed by atoms with E-state index < -0.39 is 0 Å². The molecule has 2 atom stereocenters. The molecule has 0 aliphatic carbocycles. The Morgan fingerprint density at radius 1 is 1.62 bits per heavy atom. The van der Waals surface area contributed by atoms with E-state index in [2.05, 4.69) is 18.8 Å². The molecule has 0 spiro atoms. The van der Waals surface area contributed by atoms with Crippen LogP contribution in [0.3, 0.4) is 0 Å². The summed E-state index contributed by atoms with van der Waals surface area (Å²) in [5.41, 5.74) is 1.06. The Morgan fingerprint density at radius 2 is 2.31 bits per heavy atom. The molecule has 0 aromatic carbocycles. The lowest BCUT2D eigenvalue weighted by Crippen LogP contribution is -2.28. The van der Waals surface area contributed by atoms with E-state index in [4.69, 9.17) is 0 Å². The van der Waals surface area contributed by atoms with Gasteiger partial charge < -0.3 is 5.32 Å². The normalized spacial score (nSPS) is 27.5. The minimum Gasteiger partial charge on any atom is -0.314 e. The van der Waals surface area contributed by atoms with Crippen molar-refractivity contribution in [3.05, 3.63) is 12.2 Å². The first-order valence-corrected chi connectivity index (χ1v) is 5.08. The fourth-order valence-corrected chi connectivity index (χ4v) is 1.80. The number of carbonyl (C=O) groups excluding carboxylic acids is 1. The quantitative estimate of drug-likeness (QED) is 0.671. The lowest BCUT2D eigenvalue weighted by atomic mass is 9.92. The molecule has 1 saturated heterocycles. The van der Waals surface area contributed by atoms with E-state index in [9.17, 15) is 4.79 Å². The van der Waals surface area contributed by atoms with Crippen molar-refractivity contribution in [2.75, 3.05) is 6.54 Å². The summed E-state index contributed by atoms with van der Waals surface area (Å²) >= 11 is 0. The molecule has 0 aromatic heterocycles. The topological polar surface area (TPSA) is 29.1 Å². The molecule has 1 aliphatic rings. The number of hydrogen-bond acceptors (Lipinski definition) is 2. The fourth-order valence-electron chi connectivity index (χ4n) is 1.80. The molecule has 0 amide bonds. The van der Waals surface area contributed by atoms with Crippen molar-refractivity contribution in [1.29, 1.82) is 0 Å². The molecule has 0 bridgehead atoms. The second-order valence-electron chi connectivity index (χ2n) is 3.88. The van der Waals surface area contributed by atoms with Gasteiger partial charge in [0.05, 0.1) is 0 Å². The Labute approximate surface area is 80.4 Å². The summed E-state index contributed by atoms with van der Waals surface area (Å²) in [6.07, 6.45) is 2.49. The van der Waals surface area contributed by atoms with Crippen molar-refractivity contribution in [3.8, 4) is 0 Å². The van der Waals surface area contributed by atoms with E-state index >= 15 is 0 Å². The van der Waals surface area contributed by atoms with Crippen LogP contribution in [0.1, 0.15) is 33.1 Å². The summed E-state index contributed by atoms with van der Waals surface area (Å²) in [4.78, 5) is 11.7. The van der Waals surface area contributed by atoms with Crippen LogP contribution in [0.15, 0.2) is 12.2 Å². The van der Waals surface area contributed by atoms with Gasteiger partial charge in [0, 0.05) is 18.4 Å². The zero-order chi connectivity index (χ0) is 9.84. The van der Waals surface area contributed by atoms with Gasteiger partial charge >= 0.3 is 0 Å². The van der Waals surface area contributed by atoms with Crippen LogP contribution < -0.4 is 5.32 Å². The highest BCUT2D eigenvalue weighted by Crippen LogP contribution is 2.20. The molecule has 13 heavy (non-hydrogen) atoms. The highest BCUT2D eigenvalue weighted by atomic mass is 16.1. The van der Waals surface area contributed by atoms with Crippen LogP contribution in [0.4, 0.5) is 0 Å². The minimum atomic E-state index is 0.225. The Kier molecular flexibility index (Phi) is 3.67. The molecule has 1 rings (SSSR count). The number of hydrogen-bond donors (Lipinski definition) is 1. The minimum absolute atomic E-state index is 0.225. The third-order valence-electron chi connectivity index (χ3n) is 2.86. The zero-order valence-electron chi connectivity index (χ0n) is 8.60. The first kappa shape index (κ1) is 10.5. The van der Waals surface area contributed by atoms with Crippen LogP contribution in [-0.4, -0.2) is 18.4 Å². The van der Waals surface area contributed by atoms with Crippen LogP contribution >= 0.6 is 0 Å². The second-order valence-corrected chi connectivity index (χ2v) is 3.88. The van der Waals surface area contributed by atoms with Gasteiger partial charge in [0.25, 0.3) is 0 Å². The average molecular weight is 181 g/mol. The van der Waals surface area contributed by atoms with E-state index in [1.165, 1.54) is 0 Å². The smallest absolute Gasteiger partial charge is 0.141 e. The van der Waals surface area contributed by atoms with Gasteiger partial charge in [-0.25, -0.2) is 0 Å². The predicted molar refractivity (Wildman–Crippen MR) is 54.6 cm³/mol. The third kappa shape index (κ3) is 2.66. The first-order valence-electron chi connectivity index (χ1n) is 5.08.